The number of imidazole rings is 2. The Hall–Kier alpha value is -8.86. The number of methoxy groups -OCH3 is 4. The lowest BCUT2D eigenvalue weighted by atomic mass is 10.1. The van der Waals surface area contributed by atoms with Gasteiger partial charge in [0.2, 0.25) is 0 Å². The molecule has 6 heterocycles. The van der Waals surface area contributed by atoms with Crippen molar-refractivity contribution in [2.24, 2.45) is 0 Å². The van der Waals surface area contributed by atoms with E-state index in [-0.39, 0.29) is 48.9 Å². The topological polar surface area (TPSA) is 268 Å². The summed E-state index contributed by atoms with van der Waals surface area (Å²) in [4.78, 5) is 115. The summed E-state index contributed by atoms with van der Waals surface area (Å²) in [5.41, 5.74) is 3.61. The average molecular weight is 1060 g/mol. The number of alkyl halides is 1. The fraction of sp³-hybridized carbons (Fsp3) is 0.240. The first-order chi connectivity index (χ1) is 35.2. The summed E-state index contributed by atoms with van der Waals surface area (Å²) < 4.78 is 26.6. The smallest absolute Gasteiger partial charge is 0.330 e. The number of nitrogens with one attached hydrogen (secondary N) is 3. The number of benzene rings is 4. The second-order valence-electron chi connectivity index (χ2n) is 16.3. The van der Waals surface area contributed by atoms with Crippen LogP contribution >= 0.6 is 15.9 Å². The molecule has 4 aromatic heterocycles. The Morgan fingerprint density at radius 2 is 0.904 bits per heavy atom. The maximum atomic E-state index is 12.8. The molecule has 73 heavy (non-hydrogen) atoms. The number of carbonyl (C=O) groups excluding carboxylic acids is 4. The van der Waals surface area contributed by atoms with Gasteiger partial charge in [-0.25, -0.2) is 19.6 Å². The molecule has 0 atom stereocenters. The summed E-state index contributed by atoms with van der Waals surface area (Å²) >= 11 is 3.41. The van der Waals surface area contributed by atoms with Crippen molar-refractivity contribution in [1.29, 1.82) is 0 Å². The number of amides is 4. The van der Waals surface area contributed by atoms with Crippen molar-refractivity contribution in [3.8, 4) is 23.0 Å². The maximum absolute atomic E-state index is 12.8. The predicted molar refractivity (Wildman–Crippen MR) is 269 cm³/mol. The van der Waals surface area contributed by atoms with E-state index in [9.17, 15) is 38.4 Å². The summed E-state index contributed by atoms with van der Waals surface area (Å²) in [6.45, 7) is 5.08. The molecular formula is C50H47BrN10O12. The van der Waals surface area contributed by atoms with Crippen molar-refractivity contribution >= 4 is 61.9 Å². The SMILES string of the molecule is CCn1cnc2[nH]c(=O)[nH]c(=O)c21.CCn1cnc2c1c(=O)[nH]c(=O)n2Cc1cc(OC)c(CN2C(=O)c3ccccc3C2=O)cc1OC.COc1cc(CN2C(=O)c3ccccc3C2=O)c(OC)cc1CBr. The summed E-state index contributed by atoms with van der Waals surface area (Å²) in [5.74, 6) is 0.783. The minimum atomic E-state index is -0.607. The van der Waals surface area contributed by atoms with Gasteiger partial charge in [0, 0.05) is 40.7 Å². The van der Waals surface area contributed by atoms with Gasteiger partial charge in [-0.15, -0.1) is 0 Å². The molecule has 2 aliphatic heterocycles. The number of imide groups is 2. The number of H-pyrrole nitrogens is 3. The van der Waals surface area contributed by atoms with E-state index in [2.05, 4.69) is 40.8 Å². The monoisotopic (exact) mass is 1060 g/mol. The van der Waals surface area contributed by atoms with Crippen molar-refractivity contribution in [2.75, 3.05) is 28.4 Å². The van der Waals surface area contributed by atoms with E-state index in [4.69, 9.17) is 18.9 Å². The van der Waals surface area contributed by atoms with E-state index in [1.807, 2.05) is 19.9 Å². The molecule has 0 fully saturated rings. The minimum absolute atomic E-state index is 0.0179. The lowest BCUT2D eigenvalue weighted by Gasteiger charge is -2.19. The number of rotatable bonds is 13. The van der Waals surface area contributed by atoms with Crippen LogP contribution in [-0.2, 0) is 38.1 Å². The molecule has 0 saturated heterocycles. The van der Waals surface area contributed by atoms with Gasteiger partial charge in [-0.05, 0) is 62.4 Å². The number of ether oxygens (including phenoxy) is 4. The second-order valence-corrected chi connectivity index (χ2v) is 16.8. The number of hydrogen-bond acceptors (Lipinski definition) is 14. The molecule has 4 amide bonds. The third-order valence-electron chi connectivity index (χ3n) is 12.2. The highest BCUT2D eigenvalue weighted by Crippen LogP contribution is 2.35. The minimum Gasteiger partial charge on any atom is -0.496 e. The Labute approximate surface area is 421 Å². The Morgan fingerprint density at radius 1 is 0.507 bits per heavy atom. The fourth-order valence-electron chi connectivity index (χ4n) is 8.56. The number of halogens is 1. The predicted octanol–water partition coefficient (Wildman–Crippen LogP) is 4.60. The summed E-state index contributed by atoms with van der Waals surface area (Å²) in [6, 6.07) is 20.5. The van der Waals surface area contributed by atoms with Crippen LogP contribution in [0.4, 0.5) is 0 Å². The van der Waals surface area contributed by atoms with Crippen LogP contribution in [0.15, 0.2) is 105 Å². The number of fused-ring (bicyclic) bond motifs is 4. The molecule has 0 spiro atoms. The van der Waals surface area contributed by atoms with Gasteiger partial charge in [-0.1, -0.05) is 40.2 Å². The Kier molecular flexibility index (Phi) is 14.7. The molecule has 4 aromatic carbocycles. The number of aromatic amines is 3. The molecule has 0 unspecified atom stereocenters. The molecule has 2 aliphatic rings. The van der Waals surface area contributed by atoms with Crippen LogP contribution in [0.5, 0.6) is 23.0 Å². The van der Waals surface area contributed by atoms with Crippen LogP contribution in [0, 0.1) is 0 Å². The number of aromatic nitrogens is 8. The van der Waals surface area contributed by atoms with E-state index in [1.165, 1.54) is 36.3 Å². The third kappa shape index (κ3) is 9.56. The van der Waals surface area contributed by atoms with Crippen LogP contribution in [0.3, 0.4) is 0 Å². The largest absolute Gasteiger partial charge is 0.496 e. The fourth-order valence-corrected chi connectivity index (χ4v) is 9.00. The van der Waals surface area contributed by atoms with Crippen LogP contribution in [0.2, 0.25) is 0 Å². The van der Waals surface area contributed by atoms with Crippen LogP contribution in [0.25, 0.3) is 22.3 Å². The molecule has 376 valence electrons. The quantitative estimate of drug-likeness (QED) is 0.105. The van der Waals surface area contributed by atoms with Gasteiger partial charge in [0.05, 0.1) is 83.0 Å². The number of hydrogen-bond donors (Lipinski definition) is 3. The van der Waals surface area contributed by atoms with Crippen molar-refractivity contribution < 1.29 is 38.1 Å². The molecule has 22 nitrogen and oxygen atoms in total. The van der Waals surface area contributed by atoms with Gasteiger partial charge >= 0.3 is 11.4 Å². The molecule has 23 heteroatoms. The first kappa shape index (κ1) is 50.5. The highest BCUT2D eigenvalue weighted by molar-refractivity contribution is 9.08. The van der Waals surface area contributed by atoms with E-state index in [0.717, 1.165) is 10.5 Å². The highest BCUT2D eigenvalue weighted by Gasteiger charge is 2.37. The van der Waals surface area contributed by atoms with Crippen molar-refractivity contribution in [3.63, 3.8) is 0 Å². The molecular weight excluding hydrogens is 1010 g/mol. The lowest BCUT2D eigenvalue weighted by Crippen LogP contribution is -2.31. The standard InChI is InChI=1S/C25H23N5O6.C18H16BrNO4.C7H8N4O2/c1-4-28-13-26-21-20(28)22(31)27-25(34)29(21)11-14-9-19(36-3)15(10-18(14)35-2)12-30-23(32)16-7-5-6-8-17(16)24(30)33;1-23-15-8-12(16(24-2)7-11(15)9-19)10-20-17(21)13-5-3-4-6-14(13)18(20)22;1-2-11-3-8-5-4(11)6(12)10-7(13)9-5/h5-10,13H,4,11-12H2,1-3H3,(H,27,31,34);3-8H,9-10H2,1-2H3;3H,2H2,1H3,(H2,9,10,12,13). The van der Waals surface area contributed by atoms with Gasteiger partial charge in [-0.2, -0.15) is 0 Å². The highest BCUT2D eigenvalue weighted by atomic mass is 79.9. The third-order valence-corrected chi connectivity index (χ3v) is 12.8. The Bertz CT molecular complexity index is 3670. The molecule has 0 bridgehead atoms. The van der Waals surface area contributed by atoms with Gasteiger partial charge < -0.3 is 28.1 Å². The number of aryl methyl sites for hydroxylation is 2. The zero-order valence-corrected chi connectivity index (χ0v) is 41.8. The summed E-state index contributed by atoms with van der Waals surface area (Å²) in [6.07, 6.45) is 3.04. The van der Waals surface area contributed by atoms with Crippen molar-refractivity contribution in [3.05, 3.63) is 172 Å². The average Bonchev–Trinajstić information content (AvgIpc) is 4.15. The first-order valence-electron chi connectivity index (χ1n) is 22.5. The van der Waals surface area contributed by atoms with Crippen LogP contribution in [0.1, 0.15) is 77.5 Å². The second kappa shape index (κ2) is 21.2. The van der Waals surface area contributed by atoms with E-state index in [1.54, 1.807) is 90.1 Å². The van der Waals surface area contributed by atoms with Gasteiger partial charge in [-0.3, -0.25) is 58.1 Å². The van der Waals surface area contributed by atoms with Gasteiger partial charge in [0.15, 0.2) is 22.3 Å². The summed E-state index contributed by atoms with van der Waals surface area (Å²) in [5, 5.41) is 0.611. The normalized spacial score (nSPS) is 12.6. The van der Waals surface area contributed by atoms with E-state index < -0.39 is 22.5 Å². The lowest BCUT2D eigenvalue weighted by molar-refractivity contribution is 0.0626. The van der Waals surface area contributed by atoms with Crippen LogP contribution in [-0.4, -0.2) is 100 Å². The van der Waals surface area contributed by atoms with E-state index in [0.29, 0.717) is 97.0 Å². The Balaban J connectivity index is 0.000000164. The summed E-state index contributed by atoms with van der Waals surface area (Å²) in [7, 11) is 6.10. The van der Waals surface area contributed by atoms with Crippen LogP contribution < -0.4 is 41.4 Å². The number of carbonyl (C=O) groups is 4. The molecule has 8 aromatic rings. The Morgan fingerprint density at radius 3 is 1.34 bits per heavy atom. The zero-order valence-electron chi connectivity index (χ0n) is 40.2. The van der Waals surface area contributed by atoms with Gasteiger partial charge in [0.25, 0.3) is 34.7 Å². The van der Waals surface area contributed by atoms with Crippen molar-refractivity contribution in [1.82, 2.24) is 48.4 Å². The molecule has 0 radical (unpaired) electrons. The van der Waals surface area contributed by atoms with E-state index >= 15 is 0 Å². The van der Waals surface area contributed by atoms with Gasteiger partial charge in [0.1, 0.15) is 23.0 Å². The zero-order chi connectivity index (χ0) is 52.2. The molecule has 0 saturated carbocycles. The number of nitrogens with zero attached hydrogens (tertiary/aromatic N) is 7. The first-order valence-corrected chi connectivity index (χ1v) is 23.6. The molecule has 0 aliphatic carbocycles. The maximum Gasteiger partial charge on any atom is 0.330 e. The molecule has 10 rings (SSSR count). The van der Waals surface area contributed by atoms with Crippen molar-refractivity contribution in [2.45, 2.75) is 51.9 Å². The molecule has 3 N–H and O–H groups in total.